The maximum absolute atomic E-state index is 6.04. The van der Waals surface area contributed by atoms with Crippen molar-refractivity contribution in [2.75, 3.05) is 0 Å². The van der Waals surface area contributed by atoms with Crippen LogP contribution in [0.15, 0.2) is 38.4 Å². The van der Waals surface area contributed by atoms with Gasteiger partial charge in [0.2, 0.25) is 0 Å². The summed E-state index contributed by atoms with van der Waals surface area (Å²) in [7, 11) is 0. The first kappa shape index (κ1) is 8.74. The smallest absolute Gasteiger partial charge is 0.180 e. The number of hydrogen-bond acceptors (Lipinski definition) is 5. The molecule has 5 heteroatoms. The van der Waals surface area contributed by atoms with Gasteiger partial charge in [-0.3, -0.25) is 0 Å². The minimum absolute atomic E-state index is 0.494. The Morgan fingerprint density at radius 2 is 2.36 bits per heavy atom. The van der Waals surface area contributed by atoms with Gasteiger partial charge in [0.15, 0.2) is 11.5 Å². The lowest BCUT2D eigenvalue weighted by atomic mass is 10.00. The maximum Gasteiger partial charge on any atom is 0.180 e. The second-order valence-corrected chi connectivity index (χ2v) is 2.96. The molecule has 2 aliphatic rings. The molecule has 0 aromatic carbocycles. The molecule has 1 unspecified atom stereocenters. The van der Waals surface area contributed by atoms with Crippen molar-refractivity contribution < 1.29 is 0 Å². The number of rotatable bonds is 2. The van der Waals surface area contributed by atoms with Crippen LogP contribution < -0.4 is 5.73 Å². The summed E-state index contributed by atoms with van der Waals surface area (Å²) >= 11 is 0. The average molecular weight is 187 g/mol. The SMILES string of the molecule is C=C=CCC1(N)N=CN=C2N=CN=C21. The van der Waals surface area contributed by atoms with Gasteiger partial charge in [-0.05, 0) is 6.08 Å². The first-order valence-electron chi connectivity index (χ1n) is 4.12. The highest BCUT2D eigenvalue weighted by molar-refractivity contribution is 6.50. The molecule has 2 N–H and O–H groups in total. The Morgan fingerprint density at radius 1 is 1.50 bits per heavy atom. The summed E-state index contributed by atoms with van der Waals surface area (Å²) in [4.78, 5) is 16.1. The number of aliphatic imine (C=N–C) groups is 4. The summed E-state index contributed by atoms with van der Waals surface area (Å²) in [5, 5.41) is 0. The molecular weight excluding hydrogens is 178 g/mol. The zero-order chi connectivity index (χ0) is 10.0. The third-order valence-corrected chi connectivity index (χ3v) is 2.01. The van der Waals surface area contributed by atoms with Crippen LogP contribution in [0.4, 0.5) is 0 Å². The van der Waals surface area contributed by atoms with E-state index < -0.39 is 5.66 Å². The van der Waals surface area contributed by atoms with Gasteiger partial charge in [-0.25, -0.2) is 20.0 Å². The lowest BCUT2D eigenvalue weighted by Crippen LogP contribution is -2.49. The minimum Gasteiger partial charge on any atom is -0.302 e. The predicted molar refractivity (Wildman–Crippen MR) is 57.1 cm³/mol. The lowest BCUT2D eigenvalue weighted by molar-refractivity contribution is 0.611. The Morgan fingerprint density at radius 3 is 3.14 bits per heavy atom. The van der Waals surface area contributed by atoms with Crippen LogP contribution in [0, 0.1) is 0 Å². The van der Waals surface area contributed by atoms with E-state index in [1.165, 1.54) is 12.7 Å². The van der Waals surface area contributed by atoms with Crippen LogP contribution in [0.3, 0.4) is 0 Å². The van der Waals surface area contributed by atoms with Gasteiger partial charge in [-0.2, -0.15) is 0 Å². The van der Waals surface area contributed by atoms with E-state index in [0.29, 0.717) is 18.0 Å². The van der Waals surface area contributed by atoms with Gasteiger partial charge in [-0.1, -0.05) is 6.58 Å². The van der Waals surface area contributed by atoms with Gasteiger partial charge in [0.05, 0.1) is 0 Å². The number of amidine groups is 1. The molecule has 0 bridgehead atoms. The Kier molecular flexibility index (Phi) is 1.96. The normalized spacial score (nSPS) is 27.8. The number of nitrogens with two attached hydrogens (primary N) is 1. The topological polar surface area (TPSA) is 75.5 Å². The van der Waals surface area contributed by atoms with Crippen molar-refractivity contribution in [2.45, 2.75) is 12.1 Å². The number of hydrogen-bond donors (Lipinski definition) is 1. The van der Waals surface area contributed by atoms with E-state index in [4.69, 9.17) is 5.73 Å². The van der Waals surface area contributed by atoms with Gasteiger partial charge in [-0.15, -0.1) is 5.73 Å². The molecule has 5 nitrogen and oxygen atoms in total. The molecule has 0 radical (unpaired) electrons. The fourth-order valence-corrected chi connectivity index (χ4v) is 1.28. The van der Waals surface area contributed by atoms with E-state index in [2.05, 4.69) is 32.3 Å². The Labute approximate surface area is 81.2 Å². The fraction of sp³-hybridized carbons (Fsp3) is 0.222. The Hall–Kier alpha value is -1.84. The van der Waals surface area contributed by atoms with E-state index >= 15 is 0 Å². The van der Waals surface area contributed by atoms with Crippen LogP contribution in [0.5, 0.6) is 0 Å². The predicted octanol–water partition coefficient (Wildman–Crippen LogP) is 0.296. The van der Waals surface area contributed by atoms with E-state index in [1.807, 2.05) is 0 Å². The lowest BCUT2D eigenvalue weighted by Gasteiger charge is -2.24. The standard InChI is InChI=1S/C9H9N5/c1-2-3-4-9(10)7-8(12-5-11-7)13-6-14-9/h3,5-6H,1,4,10H2. The third kappa shape index (κ3) is 1.25. The minimum atomic E-state index is -0.863. The molecule has 0 aliphatic carbocycles. The summed E-state index contributed by atoms with van der Waals surface area (Å²) in [6.45, 7) is 3.47. The summed E-state index contributed by atoms with van der Waals surface area (Å²) in [5.74, 6) is 0.542. The molecule has 0 fully saturated rings. The molecule has 0 saturated heterocycles. The third-order valence-electron chi connectivity index (χ3n) is 2.01. The highest BCUT2D eigenvalue weighted by Crippen LogP contribution is 2.18. The van der Waals surface area contributed by atoms with E-state index in [9.17, 15) is 0 Å². The van der Waals surface area contributed by atoms with Gasteiger partial charge < -0.3 is 5.73 Å². The molecule has 1 atom stereocenters. The van der Waals surface area contributed by atoms with Crippen molar-refractivity contribution in [3.8, 4) is 0 Å². The maximum atomic E-state index is 6.04. The zero-order valence-electron chi connectivity index (χ0n) is 7.51. The Balaban J connectivity index is 2.34. The van der Waals surface area contributed by atoms with Crippen molar-refractivity contribution in [3.63, 3.8) is 0 Å². The van der Waals surface area contributed by atoms with Crippen molar-refractivity contribution in [2.24, 2.45) is 25.7 Å². The Bertz CT molecular complexity index is 422. The largest absolute Gasteiger partial charge is 0.302 e. The van der Waals surface area contributed by atoms with E-state index in [0.717, 1.165) is 0 Å². The number of nitrogens with zero attached hydrogens (tertiary/aromatic N) is 4. The van der Waals surface area contributed by atoms with Crippen LogP contribution >= 0.6 is 0 Å². The van der Waals surface area contributed by atoms with Gasteiger partial charge >= 0.3 is 0 Å². The van der Waals surface area contributed by atoms with Crippen LogP contribution in [0.2, 0.25) is 0 Å². The van der Waals surface area contributed by atoms with Crippen LogP contribution in [0.1, 0.15) is 6.42 Å². The van der Waals surface area contributed by atoms with E-state index in [1.54, 1.807) is 6.08 Å². The van der Waals surface area contributed by atoms with Gasteiger partial charge in [0, 0.05) is 6.42 Å². The highest BCUT2D eigenvalue weighted by atomic mass is 15.2. The first-order chi connectivity index (χ1) is 6.76. The second-order valence-electron chi connectivity index (χ2n) is 2.96. The van der Waals surface area contributed by atoms with Crippen LogP contribution in [-0.4, -0.2) is 29.9 Å². The molecule has 2 heterocycles. The molecule has 0 spiro atoms. The van der Waals surface area contributed by atoms with Crippen molar-refractivity contribution in [1.82, 2.24) is 0 Å². The molecule has 2 rings (SSSR count). The molecule has 14 heavy (non-hydrogen) atoms. The summed E-state index contributed by atoms with van der Waals surface area (Å²) in [6, 6.07) is 0. The summed E-state index contributed by atoms with van der Waals surface area (Å²) in [6.07, 6.45) is 5.06. The van der Waals surface area contributed by atoms with Crippen LogP contribution in [-0.2, 0) is 0 Å². The second kappa shape index (κ2) is 3.14. The first-order valence-corrected chi connectivity index (χ1v) is 4.12. The van der Waals surface area contributed by atoms with Crippen LogP contribution in [0.25, 0.3) is 0 Å². The fourth-order valence-electron chi connectivity index (χ4n) is 1.28. The monoisotopic (exact) mass is 187 g/mol. The van der Waals surface area contributed by atoms with Crippen molar-refractivity contribution in [3.05, 3.63) is 18.4 Å². The van der Waals surface area contributed by atoms with Crippen molar-refractivity contribution in [1.29, 1.82) is 0 Å². The molecular formula is C9H9N5. The quantitative estimate of drug-likeness (QED) is 0.620. The average Bonchev–Trinajstić information content (AvgIpc) is 2.65. The molecule has 2 aliphatic heterocycles. The molecule has 0 amide bonds. The van der Waals surface area contributed by atoms with E-state index in [-0.39, 0.29) is 0 Å². The molecule has 0 aromatic heterocycles. The molecule has 0 saturated carbocycles. The number of fused-ring (bicyclic) bond motifs is 1. The summed E-state index contributed by atoms with van der Waals surface area (Å²) < 4.78 is 0. The summed E-state index contributed by atoms with van der Waals surface area (Å²) in [5.41, 5.74) is 8.44. The zero-order valence-corrected chi connectivity index (χ0v) is 7.51. The van der Waals surface area contributed by atoms with Gasteiger partial charge in [0.25, 0.3) is 0 Å². The molecule has 0 aromatic rings. The highest BCUT2D eigenvalue weighted by Gasteiger charge is 2.36. The van der Waals surface area contributed by atoms with Gasteiger partial charge in [0.1, 0.15) is 18.4 Å². The van der Waals surface area contributed by atoms with Crippen molar-refractivity contribution >= 4 is 24.2 Å². The molecule has 70 valence electrons.